The lowest BCUT2D eigenvalue weighted by atomic mass is 10.1. The molecular formula is C17H23ClN4O. The number of amides is 1. The number of aromatic nitrogens is 2. The highest BCUT2D eigenvalue weighted by molar-refractivity contribution is 5.93. The van der Waals surface area contributed by atoms with E-state index in [0.29, 0.717) is 12.5 Å². The molecule has 1 aromatic carbocycles. The molecule has 0 saturated carbocycles. The summed E-state index contributed by atoms with van der Waals surface area (Å²) in [6.45, 7) is 5.00. The third-order valence-electron chi connectivity index (χ3n) is 4.01. The lowest BCUT2D eigenvalue weighted by Gasteiger charge is -2.14. The van der Waals surface area contributed by atoms with Crippen LogP contribution in [0.4, 0.5) is 5.69 Å². The van der Waals surface area contributed by atoms with Crippen molar-refractivity contribution in [3.05, 3.63) is 41.7 Å². The van der Waals surface area contributed by atoms with Gasteiger partial charge in [-0.25, -0.2) is 4.68 Å². The van der Waals surface area contributed by atoms with Gasteiger partial charge in [-0.1, -0.05) is 12.1 Å². The first-order valence-corrected chi connectivity index (χ1v) is 7.79. The Hall–Kier alpha value is -1.85. The number of benzene rings is 1. The van der Waals surface area contributed by atoms with Crippen LogP contribution in [0.3, 0.4) is 0 Å². The fraction of sp³-hybridized carbons (Fsp3) is 0.412. The van der Waals surface area contributed by atoms with Crippen molar-refractivity contribution < 1.29 is 4.79 Å². The second-order valence-corrected chi connectivity index (χ2v) is 5.90. The molecule has 6 heteroatoms. The second kappa shape index (κ2) is 7.62. The van der Waals surface area contributed by atoms with E-state index >= 15 is 0 Å². The summed E-state index contributed by atoms with van der Waals surface area (Å²) in [5.74, 6) is 0.0494. The van der Waals surface area contributed by atoms with E-state index in [9.17, 15) is 4.79 Å². The summed E-state index contributed by atoms with van der Waals surface area (Å²) < 4.78 is 1.87. The van der Waals surface area contributed by atoms with Gasteiger partial charge in [0, 0.05) is 18.2 Å². The number of nitrogens with zero attached hydrogens (tertiary/aromatic N) is 2. The van der Waals surface area contributed by atoms with Crippen LogP contribution >= 0.6 is 12.4 Å². The van der Waals surface area contributed by atoms with Gasteiger partial charge in [-0.2, -0.15) is 5.10 Å². The minimum atomic E-state index is 0. The fourth-order valence-corrected chi connectivity index (χ4v) is 2.99. The zero-order valence-corrected chi connectivity index (χ0v) is 14.3. The van der Waals surface area contributed by atoms with Gasteiger partial charge < -0.3 is 10.6 Å². The molecule has 23 heavy (non-hydrogen) atoms. The van der Waals surface area contributed by atoms with Gasteiger partial charge >= 0.3 is 0 Å². The molecular weight excluding hydrogens is 312 g/mol. The Morgan fingerprint density at radius 2 is 2.17 bits per heavy atom. The van der Waals surface area contributed by atoms with Gasteiger partial charge in [0.15, 0.2) is 0 Å². The molecule has 0 aliphatic carbocycles. The van der Waals surface area contributed by atoms with Gasteiger partial charge in [0.2, 0.25) is 5.91 Å². The van der Waals surface area contributed by atoms with E-state index < -0.39 is 0 Å². The van der Waals surface area contributed by atoms with E-state index in [1.54, 1.807) is 0 Å². The molecule has 0 spiro atoms. The maximum Gasteiger partial charge on any atom is 0.225 e. The molecule has 3 rings (SSSR count). The molecule has 5 nitrogen and oxygen atoms in total. The van der Waals surface area contributed by atoms with Crippen molar-refractivity contribution in [3.8, 4) is 5.69 Å². The molecule has 124 valence electrons. The molecule has 2 aromatic rings. The Labute approximate surface area is 142 Å². The number of hydrogen-bond acceptors (Lipinski definition) is 3. The van der Waals surface area contributed by atoms with Crippen LogP contribution in [0.15, 0.2) is 30.3 Å². The molecule has 1 aromatic heterocycles. The highest BCUT2D eigenvalue weighted by atomic mass is 35.5. The van der Waals surface area contributed by atoms with Gasteiger partial charge in [-0.05, 0) is 51.4 Å². The molecule has 1 fully saturated rings. The smallest absolute Gasteiger partial charge is 0.225 e. The number of nitrogens with one attached hydrogen (secondary N) is 2. The fourth-order valence-electron chi connectivity index (χ4n) is 2.99. The molecule has 1 unspecified atom stereocenters. The zero-order valence-electron chi connectivity index (χ0n) is 13.5. The summed E-state index contributed by atoms with van der Waals surface area (Å²) in [7, 11) is 0. The van der Waals surface area contributed by atoms with Crippen molar-refractivity contribution in [2.45, 2.75) is 39.2 Å². The summed E-state index contributed by atoms with van der Waals surface area (Å²) in [5.41, 5.74) is 3.72. The predicted molar refractivity (Wildman–Crippen MR) is 94.6 cm³/mol. The number of rotatable bonds is 4. The number of carbonyl (C=O) groups excluding carboxylic acids is 1. The number of carbonyl (C=O) groups is 1. The van der Waals surface area contributed by atoms with Crippen molar-refractivity contribution >= 4 is 24.0 Å². The van der Waals surface area contributed by atoms with Crippen LogP contribution in [0.2, 0.25) is 0 Å². The van der Waals surface area contributed by atoms with Crippen LogP contribution in [0.25, 0.3) is 5.69 Å². The van der Waals surface area contributed by atoms with Gasteiger partial charge in [0.25, 0.3) is 0 Å². The molecule has 1 saturated heterocycles. The molecule has 1 amide bonds. The monoisotopic (exact) mass is 334 g/mol. The summed E-state index contributed by atoms with van der Waals surface area (Å²) >= 11 is 0. The van der Waals surface area contributed by atoms with Gasteiger partial charge in [-0.3, -0.25) is 4.79 Å². The first-order valence-electron chi connectivity index (χ1n) is 7.79. The highest BCUT2D eigenvalue weighted by Gasteiger charge is 2.18. The number of anilines is 1. The molecule has 0 bridgehead atoms. The SMILES string of the molecule is Cc1cc(C)n(-c2ccccc2NC(=O)CC2CCCN2)n1.Cl. The lowest BCUT2D eigenvalue weighted by molar-refractivity contribution is -0.116. The van der Waals surface area contributed by atoms with Crippen molar-refractivity contribution in [2.24, 2.45) is 0 Å². The number of hydrogen-bond donors (Lipinski definition) is 2. The van der Waals surface area contributed by atoms with Crippen molar-refractivity contribution in [1.29, 1.82) is 0 Å². The Morgan fingerprint density at radius 3 is 2.83 bits per heavy atom. The van der Waals surface area contributed by atoms with Crippen LogP contribution in [-0.4, -0.2) is 28.3 Å². The van der Waals surface area contributed by atoms with Crippen LogP contribution in [0, 0.1) is 13.8 Å². The number of halogens is 1. The zero-order chi connectivity index (χ0) is 15.5. The molecule has 2 N–H and O–H groups in total. The Morgan fingerprint density at radius 1 is 1.39 bits per heavy atom. The highest BCUT2D eigenvalue weighted by Crippen LogP contribution is 2.22. The van der Waals surface area contributed by atoms with Crippen LogP contribution in [0.1, 0.15) is 30.7 Å². The van der Waals surface area contributed by atoms with E-state index in [4.69, 9.17) is 0 Å². The predicted octanol–water partition coefficient (Wildman–Crippen LogP) is 2.99. The average Bonchev–Trinajstić information content (AvgIpc) is 3.09. The maximum atomic E-state index is 12.3. The quantitative estimate of drug-likeness (QED) is 0.903. The molecule has 1 atom stereocenters. The van der Waals surface area contributed by atoms with Crippen LogP contribution < -0.4 is 10.6 Å². The second-order valence-electron chi connectivity index (χ2n) is 5.90. The average molecular weight is 335 g/mol. The third kappa shape index (κ3) is 4.12. The van der Waals surface area contributed by atoms with E-state index in [1.165, 1.54) is 0 Å². The van der Waals surface area contributed by atoms with Gasteiger partial charge in [0.1, 0.15) is 0 Å². The standard InChI is InChI=1S/C17H22N4O.ClH/c1-12-10-13(2)21(20-12)16-8-4-3-7-15(16)19-17(22)11-14-6-5-9-18-14;/h3-4,7-8,10,14,18H,5-6,9,11H2,1-2H3,(H,19,22);1H. The van der Waals surface area contributed by atoms with Gasteiger partial charge in [-0.15, -0.1) is 12.4 Å². The lowest BCUT2D eigenvalue weighted by Crippen LogP contribution is -2.27. The van der Waals surface area contributed by atoms with Crippen molar-refractivity contribution in [3.63, 3.8) is 0 Å². The largest absolute Gasteiger partial charge is 0.324 e. The van der Waals surface area contributed by atoms with Crippen molar-refractivity contribution in [2.75, 3.05) is 11.9 Å². The Bertz CT molecular complexity index is 677. The minimum absolute atomic E-state index is 0. The topological polar surface area (TPSA) is 59.0 Å². The third-order valence-corrected chi connectivity index (χ3v) is 4.01. The molecule has 1 aliphatic rings. The number of aryl methyl sites for hydroxylation is 2. The Kier molecular flexibility index (Phi) is 5.80. The summed E-state index contributed by atoms with van der Waals surface area (Å²) in [4.78, 5) is 12.3. The minimum Gasteiger partial charge on any atom is -0.324 e. The summed E-state index contributed by atoms with van der Waals surface area (Å²) in [5, 5.41) is 10.9. The summed E-state index contributed by atoms with van der Waals surface area (Å²) in [6.07, 6.45) is 2.75. The molecule has 1 aliphatic heterocycles. The summed E-state index contributed by atoms with van der Waals surface area (Å²) in [6, 6.07) is 10.1. The van der Waals surface area contributed by atoms with Gasteiger partial charge in [0.05, 0.1) is 17.1 Å². The van der Waals surface area contributed by atoms with Crippen LogP contribution in [0.5, 0.6) is 0 Å². The first-order chi connectivity index (χ1) is 10.6. The molecule has 0 radical (unpaired) electrons. The Balaban J connectivity index is 0.00000192. The molecule has 2 heterocycles. The van der Waals surface area contributed by atoms with E-state index in [0.717, 1.165) is 42.1 Å². The van der Waals surface area contributed by atoms with Crippen molar-refractivity contribution in [1.82, 2.24) is 15.1 Å². The number of para-hydroxylation sites is 2. The van der Waals surface area contributed by atoms with E-state index in [1.807, 2.05) is 48.9 Å². The van der Waals surface area contributed by atoms with E-state index in [-0.39, 0.29) is 18.3 Å². The normalized spacial score (nSPS) is 16.9. The first kappa shape index (κ1) is 17.5. The van der Waals surface area contributed by atoms with E-state index in [2.05, 4.69) is 15.7 Å². The maximum absolute atomic E-state index is 12.3. The van der Waals surface area contributed by atoms with Crippen LogP contribution in [-0.2, 0) is 4.79 Å².